The van der Waals surface area contributed by atoms with E-state index in [2.05, 4.69) is 25.1 Å². The maximum Gasteiger partial charge on any atom is 0.273 e. The van der Waals surface area contributed by atoms with Crippen LogP contribution in [0.15, 0.2) is 71.8 Å². The molecule has 5 aromatic rings. The number of aromatic nitrogens is 4. The zero-order chi connectivity index (χ0) is 25.2. The van der Waals surface area contributed by atoms with Crippen molar-refractivity contribution < 1.29 is 4.74 Å². The molecule has 10 heteroatoms. The van der Waals surface area contributed by atoms with Crippen molar-refractivity contribution in [1.29, 1.82) is 0 Å². The third-order valence-electron chi connectivity index (χ3n) is 5.72. The molecule has 9 nitrogen and oxygen atoms in total. The van der Waals surface area contributed by atoms with E-state index >= 15 is 0 Å². The molecule has 0 fully saturated rings. The maximum absolute atomic E-state index is 14.1. The Kier molecular flexibility index (Phi) is 6.06. The Bertz CT molecular complexity index is 1670. The van der Waals surface area contributed by atoms with Crippen LogP contribution in [0, 0.1) is 6.57 Å². The van der Waals surface area contributed by atoms with E-state index in [1.807, 2.05) is 61.5 Å². The number of benzene rings is 2. The van der Waals surface area contributed by atoms with Crippen LogP contribution in [0.2, 0.25) is 0 Å². The smallest absolute Gasteiger partial charge is 0.273 e. The predicted octanol–water partition coefficient (Wildman–Crippen LogP) is 5.22. The average Bonchev–Trinajstić information content (AvgIpc) is 3.38. The molecule has 3 N–H and O–H groups in total. The molecular weight excluding hydrogens is 474 g/mol. The number of fused-ring (bicyclic) bond motifs is 1. The molecule has 0 aliphatic carbocycles. The lowest BCUT2D eigenvalue weighted by Crippen LogP contribution is -2.26. The number of pyridine rings is 1. The van der Waals surface area contributed by atoms with Gasteiger partial charge in [0.2, 0.25) is 11.6 Å². The number of thiazole rings is 1. The molecule has 3 aromatic heterocycles. The number of nitrogen functional groups attached to an aromatic ring is 1. The van der Waals surface area contributed by atoms with Gasteiger partial charge in [0.25, 0.3) is 10.8 Å². The summed E-state index contributed by atoms with van der Waals surface area (Å²) in [5.74, 6) is 0.364. The lowest BCUT2D eigenvalue weighted by Gasteiger charge is -2.22. The van der Waals surface area contributed by atoms with E-state index in [1.54, 1.807) is 17.9 Å². The van der Waals surface area contributed by atoms with E-state index in [0.717, 1.165) is 21.5 Å². The molecule has 5 rings (SSSR count). The third-order valence-corrected chi connectivity index (χ3v) is 6.71. The highest BCUT2D eigenvalue weighted by molar-refractivity contribution is 7.16. The van der Waals surface area contributed by atoms with Gasteiger partial charge in [-0.25, -0.2) is 19.8 Å². The van der Waals surface area contributed by atoms with Gasteiger partial charge in [-0.2, -0.15) is 0 Å². The quantitative estimate of drug-likeness (QED) is 0.311. The number of hydrogen-bond donors (Lipinski definition) is 2. The molecule has 3 heterocycles. The fourth-order valence-corrected chi connectivity index (χ4v) is 4.84. The summed E-state index contributed by atoms with van der Waals surface area (Å²) in [6.45, 7) is 9.35. The van der Waals surface area contributed by atoms with Crippen LogP contribution < -0.4 is 21.3 Å². The number of nitrogens with zero attached hydrogens (tertiary/aromatic N) is 5. The van der Waals surface area contributed by atoms with Gasteiger partial charge in [0.1, 0.15) is 5.82 Å². The second-order valence-corrected chi connectivity index (χ2v) is 8.94. The largest absolute Gasteiger partial charge is 0.473 e. The standard InChI is InChI=1S/C26H21N7O2S/c1-15(31-23-19(28-2)13-29-25(27)32-23)20-12-16-8-7-11-18(21-14-30-26(35-3)36-21)22(16)24(34)33(20)17-9-5-4-6-10-17/h4-15H,1,3H3,(H3,27,29,31,32)/t15-/m0/s1. The molecule has 0 bridgehead atoms. The first-order chi connectivity index (χ1) is 17.5. The van der Waals surface area contributed by atoms with Gasteiger partial charge in [0.05, 0.1) is 30.0 Å². The monoisotopic (exact) mass is 495 g/mol. The Labute approximate surface area is 210 Å². The number of ether oxygens (including phenoxy) is 1. The normalized spacial score (nSPS) is 11.7. The Hall–Kier alpha value is -4.75. The number of hydrogen-bond acceptors (Lipinski definition) is 8. The number of nitrogens with one attached hydrogen (secondary N) is 1. The van der Waals surface area contributed by atoms with Crippen molar-refractivity contribution in [3.05, 3.63) is 94.5 Å². The van der Waals surface area contributed by atoms with Gasteiger partial charge < -0.3 is 15.8 Å². The minimum Gasteiger partial charge on any atom is -0.473 e. The molecule has 0 radical (unpaired) electrons. The minimum atomic E-state index is -0.399. The predicted molar refractivity (Wildman–Crippen MR) is 142 cm³/mol. The van der Waals surface area contributed by atoms with E-state index in [-0.39, 0.29) is 17.2 Å². The van der Waals surface area contributed by atoms with Gasteiger partial charge in [-0.3, -0.25) is 9.36 Å². The van der Waals surface area contributed by atoms with Crippen LogP contribution in [0.1, 0.15) is 18.7 Å². The summed E-state index contributed by atoms with van der Waals surface area (Å²) in [6.07, 6.45) is 3.10. The topological polar surface area (TPSA) is 112 Å². The van der Waals surface area contributed by atoms with Gasteiger partial charge in [0.15, 0.2) is 0 Å². The Morgan fingerprint density at radius 1 is 1.14 bits per heavy atom. The molecule has 0 aliphatic rings. The van der Waals surface area contributed by atoms with E-state index in [4.69, 9.17) is 17.0 Å². The maximum atomic E-state index is 14.1. The van der Waals surface area contributed by atoms with Crippen LogP contribution >= 0.6 is 11.3 Å². The summed E-state index contributed by atoms with van der Waals surface area (Å²) in [6, 6.07) is 16.8. The van der Waals surface area contributed by atoms with Gasteiger partial charge in [0, 0.05) is 29.3 Å². The Balaban J connectivity index is 1.73. The van der Waals surface area contributed by atoms with Crippen LogP contribution in [-0.4, -0.2) is 26.6 Å². The molecule has 0 saturated heterocycles. The SMILES string of the molecule is [C-]#[N+]c1cnc(N)nc1N[C@@H](C)c1cc2cccc(-c3cnc(OC)s3)c2c(=O)n1-c1ccccc1. The van der Waals surface area contributed by atoms with Gasteiger partial charge in [-0.05, 0) is 30.5 Å². The number of rotatable bonds is 6. The van der Waals surface area contributed by atoms with Crippen LogP contribution in [0.25, 0.3) is 31.7 Å². The molecule has 36 heavy (non-hydrogen) atoms. The van der Waals surface area contributed by atoms with Crippen molar-refractivity contribution in [2.45, 2.75) is 13.0 Å². The average molecular weight is 496 g/mol. The highest BCUT2D eigenvalue weighted by Crippen LogP contribution is 2.35. The van der Waals surface area contributed by atoms with E-state index in [0.29, 0.717) is 22.1 Å². The van der Waals surface area contributed by atoms with Crippen LogP contribution in [0.3, 0.4) is 0 Å². The van der Waals surface area contributed by atoms with Crippen LogP contribution in [-0.2, 0) is 0 Å². The molecular formula is C26H21N7O2S. The fraction of sp³-hybridized carbons (Fsp3) is 0.115. The third kappa shape index (κ3) is 4.12. The summed E-state index contributed by atoms with van der Waals surface area (Å²) in [4.78, 5) is 30.8. The molecule has 0 spiro atoms. The van der Waals surface area contributed by atoms with E-state index < -0.39 is 6.04 Å². The summed E-state index contributed by atoms with van der Waals surface area (Å²) in [7, 11) is 1.57. The van der Waals surface area contributed by atoms with Gasteiger partial charge in [-0.15, -0.1) is 0 Å². The second-order valence-electron chi connectivity index (χ2n) is 7.95. The Morgan fingerprint density at radius 2 is 1.94 bits per heavy atom. The highest BCUT2D eigenvalue weighted by Gasteiger charge is 2.20. The molecule has 2 aromatic carbocycles. The zero-order valence-electron chi connectivity index (χ0n) is 19.5. The van der Waals surface area contributed by atoms with Crippen LogP contribution in [0.4, 0.5) is 17.5 Å². The number of nitrogens with two attached hydrogens (primary N) is 1. The summed E-state index contributed by atoms with van der Waals surface area (Å²) < 4.78 is 6.95. The Morgan fingerprint density at radius 3 is 2.67 bits per heavy atom. The first kappa shape index (κ1) is 23.0. The fourth-order valence-electron chi connectivity index (χ4n) is 4.08. The lowest BCUT2D eigenvalue weighted by molar-refractivity contribution is 0.412. The van der Waals surface area contributed by atoms with Crippen LogP contribution in [0.5, 0.6) is 5.19 Å². The summed E-state index contributed by atoms with van der Waals surface area (Å²) >= 11 is 1.38. The van der Waals surface area contributed by atoms with Crippen molar-refractivity contribution in [2.75, 3.05) is 18.2 Å². The lowest BCUT2D eigenvalue weighted by atomic mass is 10.0. The summed E-state index contributed by atoms with van der Waals surface area (Å²) in [5, 5.41) is 5.14. The number of methoxy groups -OCH3 is 1. The number of anilines is 2. The molecule has 0 aliphatic heterocycles. The second kappa shape index (κ2) is 9.48. The van der Waals surface area contributed by atoms with Crippen molar-refractivity contribution >= 4 is 39.6 Å². The number of para-hydroxylation sites is 1. The van der Waals surface area contributed by atoms with Gasteiger partial charge >= 0.3 is 0 Å². The zero-order valence-corrected chi connectivity index (χ0v) is 20.3. The van der Waals surface area contributed by atoms with Gasteiger partial charge in [-0.1, -0.05) is 47.7 Å². The first-order valence-electron chi connectivity index (χ1n) is 11.0. The van der Waals surface area contributed by atoms with Crippen molar-refractivity contribution in [1.82, 2.24) is 19.5 Å². The summed E-state index contributed by atoms with van der Waals surface area (Å²) in [5.41, 5.74) is 8.05. The first-order valence-corrected chi connectivity index (χ1v) is 11.8. The molecule has 178 valence electrons. The van der Waals surface area contributed by atoms with E-state index in [1.165, 1.54) is 17.5 Å². The van der Waals surface area contributed by atoms with E-state index in [9.17, 15) is 4.79 Å². The molecule has 0 saturated carbocycles. The molecule has 1 atom stereocenters. The highest BCUT2D eigenvalue weighted by atomic mass is 32.1. The minimum absolute atomic E-state index is 0.0562. The van der Waals surface area contributed by atoms with Crippen molar-refractivity contribution in [2.24, 2.45) is 0 Å². The molecule has 0 amide bonds. The van der Waals surface area contributed by atoms with Crippen molar-refractivity contribution in [3.8, 4) is 21.3 Å². The molecule has 0 unspecified atom stereocenters. The van der Waals surface area contributed by atoms with Crippen molar-refractivity contribution in [3.63, 3.8) is 0 Å².